The van der Waals surface area contributed by atoms with Crippen LogP contribution in [-0.2, 0) is 5.54 Å². The van der Waals surface area contributed by atoms with Crippen LogP contribution in [0.3, 0.4) is 0 Å². The van der Waals surface area contributed by atoms with E-state index in [2.05, 4.69) is 20.3 Å². The van der Waals surface area contributed by atoms with Crippen molar-refractivity contribution in [1.29, 1.82) is 0 Å². The van der Waals surface area contributed by atoms with E-state index in [4.69, 9.17) is 0 Å². The summed E-state index contributed by atoms with van der Waals surface area (Å²) in [5, 5.41) is 5.83. The van der Waals surface area contributed by atoms with Crippen LogP contribution >= 0.6 is 11.3 Å². The van der Waals surface area contributed by atoms with Gasteiger partial charge in [-0.1, -0.05) is 12.8 Å². The van der Waals surface area contributed by atoms with E-state index in [0.29, 0.717) is 11.4 Å². The zero-order chi connectivity index (χ0) is 15.7. The molecular weight excluding hydrogens is 300 g/mol. The third-order valence-corrected chi connectivity index (χ3v) is 5.18. The van der Waals surface area contributed by atoms with Crippen molar-refractivity contribution < 1.29 is 4.79 Å². The number of carbonyl (C=O) groups excluding carboxylic acids is 1. The molecule has 0 atom stereocenters. The molecule has 2 heterocycles. The number of aryl methyl sites for hydroxylation is 2. The SMILES string of the molecule is Cc1nc(C(=O)NC2(c3nccs3)CCCC2)c(=O)[nH]c1C. The third kappa shape index (κ3) is 2.56. The Morgan fingerprint density at radius 3 is 2.73 bits per heavy atom. The Kier molecular flexibility index (Phi) is 3.82. The fourth-order valence-electron chi connectivity index (χ4n) is 2.88. The molecule has 0 aromatic carbocycles. The van der Waals surface area contributed by atoms with Crippen LogP contribution in [0.5, 0.6) is 0 Å². The molecule has 1 amide bonds. The molecule has 1 aliphatic rings. The zero-order valence-electron chi connectivity index (χ0n) is 12.6. The number of nitrogens with zero attached hydrogens (tertiary/aromatic N) is 2. The van der Waals surface area contributed by atoms with E-state index in [-0.39, 0.29) is 5.69 Å². The summed E-state index contributed by atoms with van der Waals surface area (Å²) in [6.07, 6.45) is 5.50. The van der Waals surface area contributed by atoms with Gasteiger partial charge in [-0.05, 0) is 26.7 Å². The van der Waals surface area contributed by atoms with Crippen molar-refractivity contribution in [3.05, 3.63) is 44.0 Å². The maximum atomic E-state index is 12.6. The Hall–Kier alpha value is -2.02. The third-order valence-electron chi connectivity index (χ3n) is 4.21. The topological polar surface area (TPSA) is 87.7 Å². The number of aromatic amines is 1. The number of hydrogen-bond donors (Lipinski definition) is 2. The van der Waals surface area contributed by atoms with E-state index in [1.54, 1.807) is 20.0 Å². The minimum absolute atomic E-state index is 0.0778. The van der Waals surface area contributed by atoms with Crippen LogP contribution in [0.4, 0.5) is 0 Å². The molecule has 22 heavy (non-hydrogen) atoms. The predicted octanol–water partition coefficient (Wildman–Crippen LogP) is 2.04. The van der Waals surface area contributed by atoms with Gasteiger partial charge in [-0.15, -0.1) is 11.3 Å². The summed E-state index contributed by atoms with van der Waals surface area (Å²) in [5.74, 6) is -0.429. The first-order valence-electron chi connectivity index (χ1n) is 7.32. The van der Waals surface area contributed by atoms with Gasteiger partial charge in [0, 0.05) is 17.3 Å². The van der Waals surface area contributed by atoms with E-state index in [1.807, 2.05) is 5.38 Å². The number of carbonyl (C=O) groups is 1. The van der Waals surface area contributed by atoms with Gasteiger partial charge in [0.2, 0.25) is 0 Å². The largest absolute Gasteiger partial charge is 0.339 e. The molecule has 1 saturated carbocycles. The lowest BCUT2D eigenvalue weighted by molar-refractivity contribution is 0.0890. The van der Waals surface area contributed by atoms with Crippen molar-refractivity contribution in [3.63, 3.8) is 0 Å². The van der Waals surface area contributed by atoms with E-state index in [9.17, 15) is 9.59 Å². The minimum atomic E-state index is -0.460. The minimum Gasteiger partial charge on any atom is -0.339 e. The Morgan fingerprint density at radius 1 is 1.36 bits per heavy atom. The number of thiazole rings is 1. The van der Waals surface area contributed by atoms with E-state index in [0.717, 1.165) is 30.7 Å². The zero-order valence-corrected chi connectivity index (χ0v) is 13.4. The Balaban J connectivity index is 1.93. The number of aromatic nitrogens is 3. The molecule has 2 aromatic rings. The lowest BCUT2D eigenvalue weighted by Crippen LogP contribution is -2.45. The maximum Gasteiger partial charge on any atom is 0.279 e. The Labute approximate surface area is 132 Å². The highest BCUT2D eigenvalue weighted by atomic mass is 32.1. The standard InChI is InChI=1S/C15H18N4O2S/c1-9-10(2)18-12(20)11(17-9)13(21)19-15(5-3-4-6-15)14-16-7-8-22-14/h7-8H,3-6H2,1-2H3,(H,18,20)(H,19,21). The van der Waals surface area contributed by atoms with Gasteiger partial charge in [0.15, 0.2) is 5.69 Å². The molecule has 2 N–H and O–H groups in total. The summed E-state index contributed by atoms with van der Waals surface area (Å²) < 4.78 is 0. The number of H-pyrrole nitrogens is 1. The molecule has 0 unspecified atom stereocenters. The fourth-order valence-corrected chi connectivity index (χ4v) is 3.74. The van der Waals surface area contributed by atoms with Gasteiger partial charge < -0.3 is 10.3 Å². The molecule has 6 nitrogen and oxygen atoms in total. The van der Waals surface area contributed by atoms with Crippen LogP contribution in [0.15, 0.2) is 16.4 Å². The van der Waals surface area contributed by atoms with E-state index in [1.165, 1.54) is 11.3 Å². The average Bonchev–Trinajstić information content (AvgIpc) is 3.14. The van der Waals surface area contributed by atoms with E-state index >= 15 is 0 Å². The molecule has 0 aliphatic heterocycles. The summed E-state index contributed by atoms with van der Waals surface area (Å²) >= 11 is 1.53. The predicted molar refractivity (Wildman–Crippen MR) is 84.1 cm³/mol. The molecular formula is C15H18N4O2S. The van der Waals surface area contributed by atoms with Crippen LogP contribution < -0.4 is 10.9 Å². The van der Waals surface area contributed by atoms with Crippen LogP contribution in [0.1, 0.15) is 52.6 Å². The molecule has 0 spiro atoms. The number of rotatable bonds is 3. The second-order valence-electron chi connectivity index (χ2n) is 5.71. The van der Waals surface area contributed by atoms with Crippen molar-refractivity contribution >= 4 is 17.2 Å². The first-order chi connectivity index (χ1) is 10.5. The van der Waals surface area contributed by atoms with Crippen LogP contribution in [0.25, 0.3) is 0 Å². The highest BCUT2D eigenvalue weighted by Gasteiger charge is 2.40. The number of hydrogen-bond acceptors (Lipinski definition) is 5. The lowest BCUT2D eigenvalue weighted by atomic mass is 9.98. The normalized spacial score (nSPS) is 16.6. The summed E-state index contributed by atoms with van der Waals surface area (Å²) in [7, 11) is 0. The number of nitrogens with one attached hydrogen (secondary N) is 2. The van der Waals surface area contributed by atoms with Crippen molar-refractivity contribution in [2.24, 2.45) is 0 Å². The maximum absolute atomic E-state index is 12.6. The molecule has 0 radical (unpaired) electrons. The molecule has 0 bridgehead atoms. The molecule has 0 saturated heterocycles. The van der Waals surface area contributed by atoms with Gasteiger partial charge in [0.25, 0.3) is 11.5 Å². The highest BCUT2D eigenvalue weighted by Crippen LogP contribution is 2.39. The molecule has 3 rings (SSSR count). The molecule has 1 fully saturated rings. The highest BCUT2D eigenvalue weighted by molar-refractivity contribution is 7.09. The molecule has 7 heteroatoms. The molecule has 1 aliphatic carbocycles. The second-order valence-corrected chi connectivity index (χ2v) is 6.60. The van der Waals surface area contributed by atoms with Crippen LogP contribution in [0, 0.1) is 13.8 Å². The van der Waals surface area contributed by atoms with E-state index < -0.39 is 17.0 Å². The van der Waals surface area contributed by atoms with Crippen molar-refractivity contribution in [1.82, 2.24) is 20.3 Å². The first-order valence-corrected chi connectivity index (χ1v) is 8.20. The summed E-state index contributed by atoms with van der Waals surface area (Å²) in [6.45, 7) is 3.54. The van der Waals surface area contributed by atoms with Gasteiger partial charge >= 0.3 is 0 Å². The van der Waals surface area contributed by atoms with Crippen molar-refractivity contribution in [2.75, 3.05) is 0 Å². The van der Waals surface area contributed by atoms with Gasteiger partial charge in [0.05, 0.1) is 11.2 Å². The second kappa shape index (κ2) is 5.64. The number of amides is 1. The summed E-state index contributed by atoms with van der Waals surface area (Å²) in [4.78, 5) is 35.8. The lowest BCUT2D eigenvalue weighted by Gasteiger charge is -2.27. The van der Waals surface area contributed by atoms with Crippen molar-refractivity contribution in [3.8, 4) is 0 Å². The van der Waals surface area contributed by atoms with Gasteiger partial charge in [-0.3, -0.25) is 9.59 Å². The Bertz CT molecular complexity index is 745. The quantitative estimate of drug-likeness (QED) is 0.906. The molecule has 116 valence electrons. The van der Waals surface area contributed by atoms with Gasteiger partial charge in [0.1, 0.15) is 5.01 Å². The first kappa shape index (κ1) is 14.9. The van der Waals surface area contributed by atoms with Crippen LogP contribution in [0.2, 0.25) is 0 Å². The monoisotopic (exact) mass is 318 g/mol. The summed E-state index contributed by atoms with van der Waals surface area (Å²) in [6, 6.07) is 0. The van der Waals surface area contributed by atoms with Gasteiger partial charge in [-0.2, -0.15) is 0 Å². The molecule has 2 aromatic heterocycles. The van der Waals surface area contributed by atoms with Gasteiger partial charge in [-0.25, -0.2) is 9.97 Å². The fraction of sp³-hybridized carbons (Fsp3) is 0.467. The summed E-state index contributed by atoms with van der Waals surface area (Å²) in [5.41, 5.74) is 0.341. The Morgan fingerprint density at radius 2 is 2.09 bits per heavy atom. The van der Waals surface area contributed by atoms with Crippen LogP contribution in [-0.4, -0.2) is 20.9 Å². The average molecular weight is 318 g/mol. The van der Waals surface area contributed by atoms with Crippen molar-refractivity contribution in [2.45, 2.75) is 45.1 Å². The smallest absolute Gasteiger partial charge is 0.279 e.